The van der Waals surface area contributed by atoms with Gasteiger partial charge in [-0.3, -0.25) is 0 Å². The zero-order chi connectivity index (χ0) is 13.7. The maximum atomic E-state index is 11.8. The summed E-state index contributed by atoms with van der Waals surface area (Å²) in [4.78, 5) is 26.3. The summed E-state index contributed by atoms with van der Waals surface area (Å²) >= 11 is 0. The molecule has 2 amide bonds. The number of urea groups is 1. The molecule has 0 aromatic rings. The summed E-state index contributed by atoms with van der Waals surface area (Å²) in [5.41, 5.74) is 0. The van der Waals surface area contributed by atoms with Gasteiger partial charge in [0.2, 0.25) is 0 Å². The maximum Gasteiger partial charge on any atom is 0.326 e. The van der Waals surface area contributed by atoms with Gasteiger partial charge in [0.05, 0.1) is 0 Å². The van der Waals surface area contributed by atoms with Crippen LogP contribution in [0.5, 0.6) is 0 Å². The largest absolute Gasteiger partial charge is 0.480 e. The average molecular weight is 257 g/mol. The van der Waals surface area contributed by atoms with E-state index in [1.54, 1.807) is 0 Å². The Hall–Kier alpha value is -1.30. The van der Waals surface area contributed by atoms with Gasteiger partial charge in [-0.05, 0) is 33.7 Å². The van der Waals surface area contributed by atoms with Crippen LogP contribution in [-0.4, -0.2) is 65.7 Å². The van der Waals surface area contributed by atoms with Gasteiger partial charge in [0.1, 0.15) is 6.04 Å². The van der Waals surface area contributed by atoms with E-state index in [1.807, 2.05) is 7.05 Å². The number of likely N-dealkylation sites (tertiary alicyclic amines) is 1. The Balaban J connectivity index is 2.34. The Morgan fingerprint density at radius 1 is 1.50 bits per heavy atom. The van der Waals surface area contributed by atoms with Crippen molar-refractivity contribution in [1.82, 2.24) is 15.1 Å². The van der Waals surface area contributed by atoms with Crippen LogP contribution in [0.4, 0.5) is 4.79 Å². The molecule has 2 N–H and O–H groups in total. The van der Waals surface area contributed by atoms with Gasteiger partial charge in [-0.2, -0.15) is 0 Å². The zero-order valence-corrected chi connectivity index (χ0v) is 11.3. The highest BCUT2D eigenvalue weighted by Crippen LogP contribution is 2.17. The van der Waals surface area contributed by atoms with Gasteiger partial charge in [-0.1, -0.05) is 0 Å². The number of carbonyl (C=O) groups is 2. The fraction of sp³-hybridized carbons (Fsp3) is 0.833. The normalized spacial score (nSPS) is 19.6. The van der Waals surface area contributed by atoms with Crippen molar-refractivity contribution in [3.63, 3.8) is 0 Å². The molecule has 18 heavy (non-hydrogen) atoms. The average Bonchev–Trinajstić information content (AvgIpc) is 2.77. The highest BCUT2D eigenvalue weighted by molar-refractivity contribution is 5.83. The van der Waals surface area contributed by atoms with E-state index in [9.17, 15) is 9.59 Å². The lowest BCUT2D eigenvalue weighted by molar-refractivity contribution is -0.141. The molecule has 0 unspecified atom stereocenters. The second kappa shape index (κ2) is 6.58. The molecule has 1 aliphatic rings. The van der Waals surface area contributed by atoms with E-state index in [0.29, 0.717) is 25.6 Å². The summed E-state index contributed by atoms with van der Waals surface area (Å²) in [6.45, 7) is 6.00. The van der Waals surface area contributed by atoms with Gasteiger partial charge in [0.15, 0.2) is 0 Å². The topological polar surface area (TPSA) is 72.9 Å². The number of hydrogen-bond donors (Lipinski definition) is 2. The zero-order valence-electron chi connectivity index (χ0n) is 11.3. The van der Waals surface area contributed by atoms with Gasteiger partial charge in [-0.25, -0.2) is 9.59 Å². The number of carbonyl (C=O) groups excluding carboxylic acids is 1. The Morgan fingerprint density at radius 3 is 2.72 bits per heavy atom. The molecule has 0 aromatic heterocycles. The Kier molecular flexibility index (Phi) is 5.40. The predicted octanol–water partition coefficient (Wildman–Crippen LogP) is 0.585. The maximum absolute atomic E-state index is 11.8. The summed E-state index contributed by atoms with van der Waals surface area (Å²) in [5, 5.41) is 11.8. The van der Waals surface area contributed by atoms with Crippen LogP contribution in [0.3, 0.4) is 0 Å². The second-order valence-electron chi connectivity index (χ2n) is 5.00. The molecular weight excluding hydrogens is 234 g/mol. The molecule has 0 aromatic carbocycles. The number of nitrogens with one attached hydrogen (secondary N) is 1. The predicted molar refractivity (Wildman–Crippen MR) is 68.5 cm³/mol. The molecule has 1 fully saturated rings. The first-order chi connectivity index (χ1) is 8.43. The molecule has 0 bridgehead atoms. The van der Waals surface area contributed by atoms with Crippen molar-refractivity contribution in [3.05, 3.63) is 0 Å². The second-order valence-corrected chi connectivity index (χ2v) is 5.00. The standard InChI is InChI=1S/C12H23N3O3/c1-9(2)14(3)8-6-13-12(18)15-7-4-5-10(15)11(16)17/h9-10H,4-8H2,1-3H3,(H,13,18)(H,16,17)/t10-/m0/s1. The molecule has 1 rings (SSSR count). The number of aliphatic carboxylic acids is 1. The number of rotatable bonds is 5. The third-order valence-electron chi connectivity index (χ3n) is 3.42. The number of carboxylic acid groups (broad SMARTS) is 1. The van der Waals surface area contributed by atoms with Crippen LogP contribution in [0, 0.1) is 0 Å². The lowest BCUT2D eigenvalue weighted by Crippen LogP contribution is -2.47. The van der Waals surface area contributed by atoms with E-state index in [-0.39, 0.29) is 6.03 Å². The fourth-order valence-corrected chi connectivity index (χ4v) is 1.97. The lowest BCUT2D eigenvalue weighted by Gasteiger charge is -2.24. The van der Waals surface area contributed by atoms with Crippen LogP contribution >= 0.6 is 0 Å². The van der Waals surface area contributed by atoms with Crippen molar-refractivity contribution in [3.8, 4) is 0 Å². The SMILES string of the molecule is CC(C)N(C)CCNC(=O)N1CCC[C@H]1C(=O)O. The first-order valence-electron chi connectivity index (χ1n) is 6.41. The van der Waals surface area contributed by atoms with E-state index in [0.717, 1.165) is 13.0 Å². The van der Waals surface area contributed by atoms with Crippen molar-refractivity contribution in [2.24, 2.45) is 0 Å². The quantitative estimate of drug-likeness (QED) is 0.756. The number of nitrogens with zero attached hydrogens (tertiary/aromatic N) is 2. The van der Waals surface area contributed by atoms with E-state index >= 15 is 0 Å². The minimum absolute atomic E-state index is 0.267. The van der Waals surface area contributed by atoms with E-state index in [2.05, 4.69) is 24.1 Å². The molecule has 0 spiro atoms. The molecule has 104 valence electrons. The molecule has 1 heterocycles. The van der Waals surface area contributed by atoms with Crippen LogP contribution in [0.15, 0.2) is 0 Å². The molecule has 6 nitrogen and oxygen atoms in total. The van der Waals surface area contributed by atoms with Crippen LogP contribution < -0.4 is 5.32 Å². The van der Waals surface area contributed by atoms with Crippen LogP contribution in [-0.2, 0) is 4.79 Å². The van der Waals surface area contributed by atoms with Crippen LogP contribution in [0.1, 0.15) is 26.7 Å². The molecule has 0 saturated carbocycles. The van der Waals surface area contributed by atoms with Crippen LogP contribution in [0.2, 0.25) is 0 Å². The van der Waals surface area contributed by atoms with Gasteiger partial charge < -0.3 is 20.2 Å². The van der Waals surface area contributed by atoms with Crippen molar-refractivity contribution in [1.29, 1.82) is 0 Å². The Morgan fingerprint density at radius 2 is 2.17 bits per heavy atom. The van der Waals surface area contributed by atoms with Crippen molar-refractivity contribution in [2.45, 2.75) is 38.8 Å². The van der Waals surface area contributed by atoms with E-state index in [1.165, 1.54) is 4.90 Å². The first kappa shape index (κ1) is 14.8. The smallest absolute Gasteiger partial charge is 0.326 e. The highest BCUT2D eigenvalue weighted by Gasteiger charge is 2.33. The molecule has 0 radical (unpaired) electrons. The van der Waals surface area contributed by atoms with Crippen molar-refractivity contribution in [2.75, 3.05) is 26.7 Å². The van der Waals surface area contributed by atoms with E-state index in [4.69, 9.17) is 5.11 Å². The Labute approximate surface area is 108 Å². The van der Waals surface area contributed by atoms with Crippen molar-refractivity contribution >= 4 is 12.0 Å². The highest BCUT2D eigenvalue weighted by atomic mass is 16.4. The monoisotopic (exact) mass is 257 g/mol. The lowest BCUT2D eigenvalue weighted by atomic mass is 10.2. The molecule has 0 aliphatic carbocycles. The molecule has 1 atom stereocenters. The minimum atomic E-state index is -0.915. The molecular formula is C12H23N3O3. The summed E-state index contributed by atoms with van der Waals surface area (Å²) < 4.78 is 0. The number of hydrogen-bond acceptors (Lipinski definition) is 3. The van der Waals surface area contributed by atoms with Crippen molar-refractivity contribution < 1.29 is 14.7 Å². The van der Waals surface area contributed by atoms with Gasteiger partial charge in [0.25, 0.3) is 0 Å². The third kappa shape index (κ3) is 3.87. The summed E-state index contributed by atoms with van der Waals surface area (Å²) in [6.07, 6.45) is 1.31. The van der Waals surface area contributed by atoms with Gasteiger partial charge in [0, 0.05) is 25.7 Å². The Bertz CT molecular complexity index is 307. The van der Waals surface area contributed by atoms with Gasteiger partial charge >= 0.3 is 12.0 Å². The molecule has 6 heteroatoms. The summed E-state index contributed by atoms with van der Waals surface area (Å²) in [7, 11) is 1.99. The van der Waals surface area contributed by atoms with Gasteiger partial charge in [-0.15, -0.1) is 0 Å². The molecule has 1 saturated heterocycles. The fourth-order valence-electron chi connectivity index (χ4n) is 1.97. The summed E-state index contributed by atoms with van der Waals surface area (Å²) in [5.74, 6) is -0.915. The van der Waals surface area contributed by atoms with Crippen LogP contribution in [0.25, 0.3) is 0 Å². The summed E-state index contributed by atoms with van der Waals surface area (Å²) in [6, 6.07) is -0.495. The third-order valence-corrected chi connectivity index (χ3v) is 3.42. The van der Waals surface area contributed by atoms with E-state index < -0.39 is 12.0 Å². The minimum Gasteiger partial charge on any atom is -0.480 e. The molecule has 1 aliphatic heterocycles. The number of likely N-dealkylation sites (N-methyl/N-ethyl adjacent to an activating group) is 1. The number of carboxylic acids is 1. The number of amides is 2. The first-order valence-corrected chi connectivity index (χ1v) is 6.41.